The van der Waals surface area contributed by atoms with Gasteiger partial charge in [0.2, 0.25) is 0 Å². The van der Waals surface area contributed by atoms with E-state index in [0.29, 0.717) is 0 Å². The van der Waals surface area contributed by atoms with Crippen LogP contribution in [-0.4, -0.2) is 35.6 Å². The van der Waals surface area contributed by atoms with Crippen molar-refractivity contribution in [1.29, 1.82) is 0 Å². The van der Waals surface area contributed by atoms with Crippen molar-refractivity contribution in [2.45, 2.75) is 65.1 Å². The van der Waals surface area contributed by atoms with Gasteiger partial charge in [0.1, 0.15) is 24.7 Å². The van der Waals surface area contributed by atoms with Crippen molar-refractivity contribution in [3.63, 3.8) is 0 Å². The topological polar surface area (TPSA) is 58.9 Å². The first-order chi connectivity index (χ1) is 12.5. The normalized spacial score (nSPS) is 16.2. The molecule has 0 saturated carbocycles. The minimum Gasteiger partial charge on any atom is -0.490 e. The minimum absolute atomic E-state index is 0.283. The fourth-order valence-corrected chi connectivity index (χ4v) is 3.67. The Morgan fingerprint density at radius 2 is 1.42 bits per heavy atom. The number of hydrogen-bond donors (Lipinski definition) is 2. The average Bonchev–Trinajstić information content (AvgIpc) is 2.63. The summed E-state index contributed by atoms with van der Waals surface area (Å²) in [6.45, 7) is 6.19. The number of aliphatic hydroxyl groups is 2. The molecule has 0 spiro atoms. The molecule has 142 valence electrons. The van der Waals surface area contributed by atoms with E-state index in [1.807, 2.05) is 0 Å². The number of benzene rings is 2. The van der Waals surface area contributed by atoms with Crippen molar-refractivity contribution in [2.24, 2.45) is 0 Å². The molecule has 2 aromatic carbocycles. The zero-order valence-corrected chi connectivity index (χ0v) is 16.0. The molecule has 2 unspecified atom stereocenters. The first kappa shape index (κ1) is 19.0. The summed E-state index contributed by atoms with van der Waals surface area (Å²) in [5, 5.41) is 21.5. The van der Waals surface area contributed by atoms with Gasteiger partial charge < -0.3 is 19.7 Å². The third-order valence-corrected chi connectivity index (χ3v) is 4.94. The molecular weight excluding hydrogens is 328 g/mol. The second-order valence-electron chi connectivity index (χ2n) is 7.38. The third-order valence-electron chi connectivity index (χ3n) is 4.94. The molecule has 0 radical (unpaired) electrons. The van der Waals surface area contributed by atoms with Gasteiger partial charge in [0.25, 0.3) is 0 Å². The van der Waals surface area contributed by atoms with Gasteiger partial charge in [-0.05, 0) is 57.6 Å². The molecule has 0 bridgehead atoms. The Bertz CT molecular complexity index is 765. The van der Waals surface area contributed by atoms with Gasteiger partial charge in [0.15, 0.2) is 0 Å². The van der Waals surface area contributed by atoms with Crippen LogP contribution < -0.4 is 9.47 Å². The molecule has 0 aromatic heterocycles. The highest BCUT2D eigenvalue weighted by molar-refractivity contribution is 5.96. The summed E-state index contributed by atoms with van der Waals surface area (Å²) in [7, 11) is 0. The van der Waals surface area contributed by atoms with E-state index in [1.165, 1.54) is 16.7 Å². The molecule has 0 fully saturated rings. The molecule has 4 nitrogen and oxygen atoms in total. The van der Waals surface area contributed by atoms with E-state index < -0.39 is 12.2 Å². The maximum Gasteiger partial charge on any atom is 0.131 e. The Morgan fingerprint density at radius 3 is 1.92 bits per heavy atom. The Hall–Kier alpha value is -1.78. The predicted molar refractivity (Wildman–Crippen MR) is 104 cm³/mol. The minimum atomic E-state index is -0.509. The van der Waals surface area contributed by atoms with Crippen molar-refractivity contribution < 1.29 is 19.7 Å². The van der Waals surface area contributed by atoms with Crippen LogP contribution in [0.3, 0.4) is 0 Å². The van der Waals surface area contributed by atoms with Gasteiger partial charge in [0, 0.05) is 21.9 Å². The molecule has 1 aliphatic rings. The van der Waals surface area contributed by atoms with Gasteiger partial charge in [-0.25, -0.2) is 0 Å². The third kappa shape index (κ3) is 3.97. The van der Waals surface area contributed by atoms with Gasteiger partial charge in [-0.15, -0.1) is 0 Å². The summed E-state index contributed by atoms with van der Waals surface area (Å²) >= 11 is 0. The van der Waals surface area contributed by atoms with Crippen LogP contribution in [-0.2, 0) is 19.3 Å². The molecule has 1 aliphatic carbocycles. The van der Waals surface area contributed by atoms with Crippen molar-refractivity contribution in [3.05, 3.63) is 34.9 Å². The highest BCUT2D eigenvalue weighted by atomic mass is 16.5. The van der Waals surface area contributed by atoms with E-state index in [2.05, 4.69) is 25.1 Å². The van der Waals surface area contributed by atoms with Crippen molar-refractivity contribution >= 4 is 10.8 Å². The first-order valence-corrected chi connectivity index (χ1v) is 9.73. The van der Waals surface area contributed by atoms with Crippen LogP contribution in [0.25, 0.3) is 10.8 Å². The van der Waals surface area contributed by atoms with Crippen LogP contribution in [0.1, 0.15) is 50.3 Å². The Kier molecular flexibility index (Phi) is 6.05. The predicted octanol–water partition coefficient (Wildman–Crippen LogP) is 3.80. The summed E-state index contributed by atoms with van der Waals surface area (Å²) in [5.41, 5.74) is 3.66. The van der Waals surface area contributed by atoms with E-state index >= 15 is 0 Å². The fourth-order valence-electron chi connectivity index (χ4n) is 3.67. The second kappa shape index (κ2) is 8.28. The first-order valence-electron chi connectivity index (χ1n) is 9.73. The molecular formula is C22H30O4. The molecule has 2 aromatic rings. The molecule has 0 heterocycles. The number of fused-ring (bicyclic) bond motifs is 2. The van der Waals surface area contributed by atoms with Crippen molar-refractivity contribution in [3.8, 4) is 11.5 Å². The number of aryl methyl sites for hydroxylation is 1. The van der Waals surface area contributed by atoms with Crippen LogP contribution in [0.15, 0.2) is 18.2 Å². The number of aliphatic hydroxyl groups excluding tert-OH is 2. The largest absolute Gasteiger partial charge is 0.490 e. The van der Waals surface area contributed by atoms with Crippen molar-refractivity contribution in [1.82, 2.24) is 0 Å². The molecule has 4 heteroatoms. The lowest BCUT2D eigenvalue weighted by Crippen LogP contribution is -2.18. The smallest absolute Gasteiger partial charge is 0.131 e. The van der Waals surface area contributed by atoms with Gasteiger partial charge in [-0.1, -0.05) is 19.1 Å². The highest BCUT2D eigenvalue weighted by Crippen LogP contribution is 2.44. The van der Waals surface area contributed by atoms with Crippen LogP contribution in [0.4, 0.5) is 0 Å². The molecule has 2 atom stereocenters. The van der Waals surface area contributed by atoms with E-state index in [1.54, 1.807) is 13.8 Å². The van der Waals surface area contributed by atoms with Crippen LogP contribution in [0.2, 0.25) is 0 Å². The van der Waals surface area contributed by atoms with Gasteiger partial charge in [-0.3, -0.25) is 0 Å². The average molecular weight is 358 g/mol. The molecule has 3 rings (SSSR count). The molecule has 26 heavy (non-hydrogen) atoms. The zero-order chi connectivity index (χ0) is 18.7. The highest BCUT2D eigenvalue weighted by Gasteiger charge is 2.24. The maximum absolute atomic E-state index is 9.71. The van der Waals surface area contributed by atoms with E-state index in [4.69, 9.17) is 9.47 Å². The van der Waals surface area contributed by atoms with Crippen molar-refractivity contribution in [2.75, 3.05) is 13.2 Å². The second-order valence-corrected chi connectivity index (χ2v) is 7.38. The Morgan fingerprint density at radius 1 is 0.885 bits per heavy atom. The van der Waals surface area contributed by atoms with Gasteiger partial charge in [-0.2, -0.15) is 0 Å². The monoisotopic (exact) mass is 358 g/mol. The van der Waals surface area contributed by atoms with Crippen LogP contribution in [0.5, 0.6) is 11.5 Å². The van der Waals surface area contributed by atoms with Crippen LogP contribution >= 0.6 is 0 Å². The zero-order valence-electron chi connectivity index (χ0n) is 16.0. The lowest BCUT2D eigenvalue weighted by molar-refractivity contribution is 0.120. The SMILES string of the molecule is CCc1ccc2c(OCC(C)O)c3c(c(OCC(C)O)c2c1)CCCC3. The molecule has 0 aliphatic heterocycles. The Labute approximate surface area is 155 Å². The molecule has 0 amide bonds. The summed E-state index contributed by atoms with van der Waals surface area (Å²) < 4.78 is 12.2. The quantitative estimate of drug-likeness (QED) is 0.790. The van der Waals surface area contributed by atoms with Gasteiger partial charge in [0.05, 0.1) is 12.2 Å². The lowest BCUT2D eigenvalue weighted by Gasteiger charge is -2.26. The van der Waals surface area contributed by atoms with Crippen LogP contribution in [0, 0.1) is 0 Å². The van der Waals surface area contributed by atoms with E-state index in [0.717, 1.165) is 54.4 Å². The summed E-state index contributed by atoms with van der Waals surface area (Å²) in [5.74, 6) is 1.79. The standard InChI is InChI=1S/C22H30O4/c1-4-16-9-10-19-20(11-16)22(26-13-15(3)24)18-8-6-5-7-17(18)21(19)25-12-14(2)23/h9-11,14-15,23-24H,4-8,12-13H2,1-3H3. The summed E-state index contributed by atoms with van der Waals surface area (Å²) in [6, 6.07) is 6.41. The number of ether oxygens (including phenoxy) is 2. The summed E-state index contributed by atoms with van der Waals surface area (Å²) in [4.78, 5) is 0. The fraction of sp³-hybridized carbons (Fsp3) is 0.545. The maximum atomic E-state index is 9.71. The Balaban J connectivity index is 2.20. The number of hydrogen-bond acceptors (Lipinski definition) is 4. The van der Waals surface area contributed by atoms with Gasteiger partial charge >= 0.3 is 0 Å². The van der Waals surface area contributed by atoms with E-state index in [9.17, 15) is 10.2 Å². The number of rotatable bonds is 7. The lowest BCUT2D eigenvalue weighted by atomic mass is 9.86. The summed E-state index contributed by atoms with van der Waals surface area (Å²) in [6.07, 6.45) is 4.12. The van der Waals surface area contributed by atoms with E-state index in [-0.39, 0.29) is 13.2 Å². The molecule has 0 saturated heterocycles. The molecule has 2 N–H and O–H groups in total.